The molecule has 1 aromatic carbocycles. The Bertz CT molecular complexity index is 1130. The summed E-state index contributed by atoms with van der Waals surface area (Å²) in [5, 5.41) is 18.5. The molecule has 1 aromatic heterocycles. The number of amides is 3. The molecule has 3 amide bonds. The van der Waals surface area contributed by atoms with Crippen LogP contribution in [0.4, 0.5) is 0 Å². The molecule has 13 heteroatoms. The fraction of sp³-hybridized carbons (Fsp3) is 0.500. The van der Waals surface area contributed by atoms with Gasteiger partial charge in [0.2, 0.25) is 11.8 Å². The van der Waals surface area contributed by atoms with Gasteiger partial charge in [0.1, 0.15) is 21.9 Å². The number of fused-ring (bicyclic) bond motifs is 1. The van der Waals surface area contributed by atoms with E-state index in [9.17, 15) is 32.5 Å². The number of rotatable bonds is 10. The Morgan fingerprint density at radius 1 is 1.23 bits per heavy atom. The minimum atomic E-state index is -5.17. The van der Waals surface area contributed by atoms with Crippen LogP contribution in [0.2, 0.25) is 0 Å². The molecule has 186 valence electrons. The van der Waals surface area contributed by atoms with Crippen LogP contribution >= 0.6 is 0 Å². The van der Waals surface area contributed by atoms with E-state index < -0.39 is 45.4 Å². The first kappa shape index (κ1) is 29.3. The van der Waals surface area contributed by atoms with Crippen molar-refractivity contribution in [3.05, 3.63) is 36.0 Å². The van der Waals surface area contributed by atoms with E-state index in [2.05, 4.69) is 20.9 Å². The van der Waals surface area contributed by atoms with Crippen molar-refractivity contribution in [1.82, 2.24) is 20.9 Å². The molecule has 0 radical (unpaired) electrons. The van der Waals surface area contributed by atoms with Gasteiger partial charge in [0, 0.05) is 23.4 Å². The Morgan fingerprint density at radius 3 is 2.49 bits per heavy atom. The number of aliphatic hydroxyl groups is 1. The van der Waals surface area contributed by atoms with E-state index in [4.69, 9.17) is 0 Å². The van der Waals surface area contributed by atoms with Crippen LogP contribution in [0.3, 0.4) is 0 Å². The van der Waals surface area contributed by atoms with E-state index in [1.165, 1.54) is 0 Å². The summed E-state index contributed by atoms with van der Waals surface area (Å²) >= 11 is 0. The Balaban J connectivity index is 0.00000432. The van der Waals surface area contributed by atoms with E-state index in [-0.39, 0.29) is 59.9 Å². The Kier molecular flexibility index (Phi) is 10.3. The number of aromatic nitrogens is 1. The van der Waals surface area contributed by atoms with E-state index >= 15 is 0 Å². The van der Waals surface area contributed by atoms with E-state index in [0.717, 1.165) is 10.9 Å². The number of aromatic amines is 1. The Hall–Kier alpha value is -1.96. The molecule has 0 saturated carbocycles. The van der Waals surface area contributed by atoms with Crippen molar-refractivity contribution >= 4 is 38.7 Å². The molecule has 1 saturated heterocycles. The van der Waals surface area contributed by atoms with Gasteiger partial charge in [-0.3, -0.25) is 14.4 Å². The Labute approximate surface area is 225 Å². The molecule has 0 bridgehead atoms. The molecule has 11 nitrogen and oxygen atoms in total. The third-order valence-electron chi connectivity index (χ3n) is 5.77. The standard InChI is InChI=1S/C22H30N4O7S.Na/c1-12(2)9-16(25-21(29)17-10-13-5-3-4-6-15(13)24-17)20(28)26-18(22(30)34(31,32)33)11-14-7-8-23-19(14)27;/h3-6,10,12,14,16,18,22,24,30H,7-9,11H2,1-2H3,(H,23,27)(H,25,29)(H,26,28)(H,31,32,33);/q;+1/p-1/t14-,16-,18-,22?;/m0./s1. The van der Waals surface area contributed by atoms with Gasteiger partial charge >= 0.3 is 29.6 Å². The summed E-state index contributed by atoms with van der Waals surface area (Å²) in [6.07, 6.45) is 0.364. The van der Waals surface area contributed by atoms with Crippen LogP contribution in [0.15, 0.2) is 30.3 Å². The van der Waals surface area contributed by atoms with Gasteiger partial charge < -0.3 is 30.6 Å². The van der Waals surface area contributed by atoms with Gasteiger partial charge in [-0.2, -0.15) is 0 Å². The molecule has 2 aromatic rings. The predicted molar refractivity (Wildman–Crippen MR) is 122 cm³/mol. The molecule has 3 rings (SSSR count). The van der Waals surface area contributed by atoms with Crippen LogP contribution in [0, 0.1) is 11.8 Å². The second kappa shape index (κ2) is 12.3. The molecule has 0 aliphatic carbocycles. The first-order valence-corrected chi connectivity index (χ1v) is 12.5. The number of hydrogen-bond acceptors (Lipinski definition) is 7. The van der Waals surface area contributed by atoms with Crippen molar-refractivity contribution in [2.24, 2.45) is 11.8 Å². The second-order valence-corrected chi connectivity index (χ2v) is 10.4. The third-order valence-corrected chi connectivity index (χ3v) is 6.69. The summed E-state index contributed by atoms with van der Waals surface area (Å²) in [5.74, 6) is -2.33. The number of aliphatic hydroxyl groups excluding tert-OH is 1. The predicted octanol–water partition coefficient (Wildman–Crippen LogP) is -2.81. The van der Waals surface area contributed by atoms with Gasteiger partial charge in [-0.05, 0) is 37.3 Å². The number of H-pyrrole nitrogens is 1. The van der Waals surface area contributed by atoms with Crippen LogP contribution in [0.25, 0.3) is 10.9 Å². The second-order valence-electron chi connectivity index (χ2n) is 8.94. The number of hydrogen-bond donors (Lipinski definition) is 5. The van der Waals surface area contributed by atoms with Crippen molar-refractivity contribution in [2.75, 3.05) is 6.54 Å². The molecule has 1 aliphatic rings. The summed E-state index contributed by atoms with van der Waals surface area (Å²) in [6.45, 7) is 4.06. The van der Waals surface area contributed by atoms with Crippen molar-refractivity contribution in [3.63, 3.8) is 0 Å². The summed E-state index contributed by atoms with van der Waals surface area (Å²) in [4.78, 5) is 40.8. The summed E-state index contributed by atoms with van der Waals surface area (Å²) in [7, 11) is -5.17. The van der Waals surface area contributed by atoms with Crippen molar-refractivity contribution < 1.29 is 62.0 Å². The van der Waals surface area contributed by atoms with Gasteiger partial charge in [-0.15, -0.1) is 0 Å². The number of benzene rings is 1. The third kappa shape index (κ3) is 7.76. The van der Waals surface area contributed by atoms with Gasteiger partial charge in [-0.25, -0.2) is 8.42 Å². The van der Waals surface area contributed by atoms with E-state index in [1.807, 2.05) is 32.0 Å². The normalized spacial score (nSPS) is 18.4. The minimum Gasteiger partial charge on any atom is -0.746 e. The van der Waals surface area contributed by atoms with E-state index in [0.29, 0.717) is 13.0 Å². The molecule has 35 heavy (non-hydrogen) atoms. The first-order chi connectivity index (χ1) is 16.0. The van der Waals surface area contributed by atoms with Crippen LogP contribution in [-0.4, -0.2) is 64.8 Å². The van der Waals surface area contributed by atoms with Crippen LogP contribution < -0.4 is 45.5 Å². The molecule has 2 heterocycles. The number of carbonyl (C=O) groups excluding carboxylic acids is 3. The molecular formula is C22H29N4NaO7S. The smallest absolute Gasteiger partial charge is 0.746 e. The zero-order valence-corrected chi connectivity index (χ0v) is 22.7. The summed E-state index contributed by atoms with van der Waals surface area (Å²) in [6, 6.07) is 6.34. The van der Waals surface area contributed by atoms with Crippen LogP contribution in [0.5, 0.6) is 0 Å². The molecule has 5 N–H and O–H groups in total. The number of para-hydroxylation sites is 1. The Morgan fingerprint density at radius 2 is 1.91 bits per heavy atom. The molecular weight excluding hydrogens is 487 g/mol. The number of nitrogens with one attached hydrogen (secondary N) is 4. The average Bonchev–Trinajstić information content (AvgIpc) is 3.37. The van der Waals surface area contributed by atoms with Crippen molar-refractivity contribution in [1.29, 1.82) is 0 Å². The van der Waals surface area contributed by atoms with Gasteiger partial charge in [-0.1, -0.05) is 32.0 Å². The maximum absolute atomic E-state index is 13.1. The molecule has 1 unspecified atom stereocenters. The quantitative estimate of drug-likeness (QED) is 0.167. The molecule has 0 spiro atoms. The zero-order chi connectivity index (χ0) is 25.0. The fourth-order valence-corrected chi connectivity index (χ4v) is 4.62. The fourth-order valence-electron chi connectivity index (χ4n) is 4.04. The van der Waals surface area contributed by atoms with Gasteiger partial charge in [0.05, 0.1) is 6.04 Å². The summed E-state index contributed by atoms with van der Waals surface area (Å²) in [5.41, 5.74) is -1.45. The maximum atomic E-state index is 13.1. The average molecular weight is 517 g/mol. The number of carbonyl (C=O) groups is 3. The minimum absolute atomic E-state index is 0. The molecule has 4 atom stereocenters. The van der Waals surface area contributed by atoms with Crippen LogP contribution in [-0.2, 0) is 19.7 Å². The van der Waals surface area contributed by atoms with Gasteiger partial charge in [0.15, 0.2) is 5.44 Å². The molecule has 1 fully saturated rings. The topological polar surface area (TPSA) is 181 Å². The van der Waals surface area contributed by atoms with Gasteiger partial charge in [0.25, 0.3) is 5.91 Å². The first-order valence-electron chi connectivity index (χ1n) is 11.0. The monoisotopic (exact) mass is 516 g/mol. The SMILES string of the molecule is CC(C)C[C@H](NC(=O)c1cc2ccccc2[nH]1)C(=O)N[C@@H](C[C@@H]1CCNC1=O)C(O)S(=O)(=O)[O-].[Na+]. The largest absolute Gasteiger partial charge is 1.00 e. The summed E-state index contributed by atoms with van der Waals surface area (Å²) < 4.78 is 34.4. The maximum Gasteiger partial charge on any atom is 1.00 e. The van der Waals surface area contributed by atoms with Crippen LogP contribution in [0.1, 0.15) is 43.6 Å². The molecule has 1 aliphatic heterocycles. The van der Waals surface area contributed by atoms with Crippen molar-refractivity contribution in [3.8, 4) is 0 Å². The van der Waals surface area contributed by atoms with E-state index in [1.54, 1.807) is 12.1 Å². The van der Waals surface area contributed by atoms with Crippen molar-refractivity contribution in [2.45, 2.75) is 50.6 Å². The zero-order valence-electron chi connectivity index (χ0n) is 19.9.